The van der Waals surface area contributed by atoms with Crippen LogP contribution in [0.4, 0.5) is 11.6 Å². The lowest BCUT2D eigenvalue weighted by Crippen LogP contribution is -2.56. The van der Waals surface area contributed by atoms with E-state index in [0.29, 0.717) is 11.4 Å². The van der Waals surface area contributed by atoms with Gasteiger partial charge < -0.3 is 20.5 Å². The van der Waals surface area contributed by atoms with Crippen molar-refractivity contribution in [1.29, 1.82) is 0 Å². The Kier molecular flexibility index (Phi) is 4.36. The minimum Gasteiger partial charge on any atom is -0.353 e. The Bertz CT molecular complexity index is 1240. The van der Waals surface area contributed by atoms with E-state index in [4.69, 9.17) is 5.73 Å². The average molecular weight is 400 g/mol. The van der Waals surface area contributed by atoms with E-state index in [1.54, 1.807) is 43.2 Å². The smallest absolute Gasteiger partial charge is 0.257 e. The molecule has 1 aliphatic rings. The van der Waals surface area contributed by atoms with Crippen LogP contribution in [-0.2, 0) is 7.05 Å². The fourth-order valence-electron chi connectivity index (χ4n) is 3.50. The molecule has 1 saturated heterocycles. The van der Waals surface area contributed by atoms with Gasteiger partial charge in [-0.15, -0.1) is 0 Å². The Morgan fingerprint density at radius 2 is 2.00 bits per heavy atom. The van der Waals surface area contributed by atoms with Crippen LogP contribution in [0.2, 0.25) is 0 Å². The molecule has 1 fully saturated rings. The molecular formula is C21H20N8O. The lowest BCUT2D eigenvalue weighted by Gasteiger charge is -2.37. The van der Waals surface area contributed by atoms with Gasteiger partial charge in [0.05, 0.1) is 29.9 Å². The van der Waals surface area contributed by atoms with Gasteiger partial charge in [0.25, 0.3) is 5.91 Å². The summed E-state index contributed by atoms with van der Waals surface area (Å²) >= 11 is 0. The first-order valence-corrected chi connectivity index (χ1v) is 9.57. The van der Waals surface area contributed by atoms with Crippen LogP contribution in [0.15, 0.2) is 55.4 Å². The van der Waals surface area contributed by atoms with Crippen molar-refractivity contribution in [3.63, 3.8) is 0 Å². The maximum Gasteiger partial charge on any atom is 0.257 e. The molecule has 30 heavy (non-hydrogen) atoms. The summed E-state index contributed by atoms with van der Waals surface area (Å²) in [4.78, 5) is 32.1. The van der Waals surface area contributed by atoms with Crippen molar-refractivity contribution >= 4 is 28.4 Å². The first kappa shape index (κ1) is 18.2. The standard InChI is InChI=1S/C21H20N8O/c1-28-12-23-9-18(28)15-4-14-5-19(26-8-17(14)25-7-15)27-21(30)13-2-3-24-20(6-13)29-10-16(22)11-29/h2-9,12,16H,10-11,22H2,1H3,(H,26,27,30). The molecule has 9 nitrogen and oxygen atoms in total. The largest absolute Gasteiger partial charge is 0.353 e. The summed E-state index contributed by atoms with van der Waals surface area (Å²) < 4.78 is 1.93. The minimum atomic E-state index is -0.244. The second kappa shape index (κ2) is 7.20. The fraction of sp³-hybridized carbons (Fsp3) is 0.190. The van der Waals surface area contributed by atoms with E-state index < -0.39 is 0 Å². The zero-order valence-electron chi connectivity index (χ0n) is 16.4. The summed E-state index contributed by atoms with van der Waals surface area (Å²) in [7, 11) is 1.93. The monoisotopic (exact) mass is 400 g/mol. The molecule has 0 aromatic carbocycles. The fourth-order valence-corrected chi connectivity index (χ4v) is 3.50. The normalized spacial score (nSPS) is 14.0. The Balaban J connectivity index is 1.39. The predicted octanol–water partition coefficient (Wildman–Crippen LogP) is 1.82. The molecule has 4 aromatic heterocycles. The highest BCUT2D eigenvalue weighted by atomic mass is 16.1. The van der Waals surface area contributed by atoms with Crippen molar-refractivity contribution in [2.24, 2.45) is 12.8 Å². The van der Waals surface area contributed by atoms with Gasteiger partial charge in [-0.05, 0) is 24.3 Å². The van der Waals surface area contributed by atoms with Gasteiger partial charge in [-0.1, -0.05) is 0 Å². The number of carbonyl (C=O) groups is 1. The van der Waals surface area contributed by atoms with Crippen LogP contribution in [0.3, 0.4) is 0 Å². The van der Waals surface area contributed by atoms with Gasteiger partial charge in [-0.25, -0.2) is 15.0 Å². The molecule has 3 N–H and O–H groups in total. The Morgan fingerprint density at radius 1 is 1.13 bits per heavy atom. The number of nitrogens with zero attached hydrogens (tertiary/aromatic N) is 6. The molecule has 5 rings (SSSR count). The lowest BCUT2D eigenvalue weighted by atomic mass is 10.1. The van der Waals surface area contributed by atoms with Crippen LogP contribution in [0.25, 0.3) is 22.2 Å². The molecule has 1 aliphatic heterocycles. The summed E-state index contributed by atoms with van der Waals surface area (Å²) in [6, 6.07) is 7.44. The van der Waals surface area contributed by atoms with Gasteiger partial charge in [0.15, 0.2) is 0 Å². The topological polar surface area (TPSA) is 115 Å². The molecule has 0 aliphatic carbocycles. The van der Waals surface area contributed by atoms with Crippen LogP contribution in [0.5, 0.6) is 0 Å². The number of aryl methyl sites for hydroxylation is 1. The van der Waals surface area contributed by atoms with E-state index in [1.165, 1.54) is 0 Å². The van der Waals surface area contributed by atoms with Crippen molar-refractivity contribution in [3.8, 4) is 11.3 Å². The third-order valence-electron chi connectivity index (χ3n) is 5.16. The number of amides is 1. The Hall–Kier alpha value is -3.85. The maximum absolute atomic E-state index is 12.7. The predicted molar refractivity (Wildman–Crippen MR) is 114 cm³/mol. The first-order valence-electron chi connectivity index (χ1n) is 9.57. The number of fused-ring (bicyclic) bond motifs is 1. The molecule has 0 radical (unpaired) electrons. The van der Waals surface area contributed by atoms with Crippen LogP contribution >= 0.6 is 0 Å². The third-order valence-corrected chi connectivity index (χ3v) is 5.16. The number of pyridine rings is 3. The minimum absolute atomic E-state index is 0.163. The molecule has 4 aromatic rings. The zero-order valence-corrected chi connectivity index (χ0v) is 16.4. The van der Waals surface area contributed by atoms with Crippen LogP contribution in [-0.4, -0.2) is 49.5 Å². The zero-order chi connectivity index (χ0) is 20.7. The van der Waals surface area contributed by atoms with Crippen molar-refractivity contribution in [2.75, 3.05) is 23.3 Å². The van der Waals surface area contributed by atoms with Gasteiger partial charge in [0.1, 0.15) is 11.6 Å². The highest BCUT2D eigenvalue weighted by Crippen LogP contribution is 2.24. The van der Waals surface area contributed by atoms with Crippen molar-refractivity contribution in [3.05, 3.63) is 60.9 Å². The van der Waals surface area contributed by atoms with E-state index >= 15 is 0 Å². The van der Waals surface area contributed by atoms with Crippen molar-refractivity contribution in [2.45, 2.75) is 6.04 Å². The van der Waals surface area contributed by atoms with E-state index in [1.807, 2.05) is 28.6 Å². The second-order valence-corrected chi connectivity index (χ2v) is 7.40. The molecule has 9 heteroatoms. The van der Waals surface area contributed by atoms with Crippen molar-refractivity contribution < 1.29 is 4.79 Å². The molecule has 5 heterocycles. The molecule has 0 spiro atoms. The number of rotatable bonds is 4. The lowest BCUT2D eigenvalue weighted by molar-refractivity contribution is 0.102. The van der Waals surface area contributed by atoms with Crippen LogP contribution < -0.4 is 16.0 Å². The van der Waals surface area contributed by atoms with E-state index in [0.717, 1.165) is 41.1 Å². The van der Waals surface area contributed by atoms with Crippen LogP contribution in [0.1, 0.15) is 10.4 Å². The first-order chi connectivity index (χ1) is 14.6. The van der Waals surface area contributed by atoms with Gasteiger partial charge in [0, 0.05) is 55.1 Å². The SMILES string of the molecule is Cn1cncc1-c1cnc2cnc(NC(=O)c3ccnc(N4CC(N)C4)c3)cc2c1. The molecular weight excluding hydrogens is 380 g/mol. The van der Waals surface area contributed by atoms with Crippen LogP contribution in [0, 0.1) is 0 Å². The number of carbonyl (C=O) groups excluding carboxylic acids is 1. The molecule has 0 bridgehead atoms. The molecule has 150 valence electrons. The number of nitrogens with two attached hydrogens (primary N) is 1. The summed E-state index contributed by atoms with van der Waals surface area (Å²) in [5, 5.41) is 3.74. The summed E-state index contributed by atoms with van der Waals surface area (Å²) in [5.41, 5.74) is 9.00. The second-order valence-electron chi connectivity index (χ2n) is 7.40. The average Bonchev–Trinajstić information content (AvgIpc) is 3.17. The van der Waals surface area contributed by atoms with Gasteiger partial charge in [-0.3, -0.25) is 9.78 Å². The number of imidazole rings is 1. The molecule has 0 unspecified atom stereocenters. The molecule has 0 atom stereocenters. The van der Waals surface area contributed by atoms with Gasteiger partial charge >= 0.3 is 0 Å². The van der Waals surface area contributed by atoms with Crippen molar-refractivity contribution in [1.82, 2.24) is 24.5 Å². The van der Waals surface area contributed by atoms with Gasteiger partial charge in [-0.2, -0.15) is 0 Å². The number of nitrogens with one attached hydrogen (secondary N) is 1. The van der Waals surface area contributed by atoms with E-state index in [2.05, 4.69) is 25.3 Å². The summed E-state index contributed by atoms with van der Waals surface area (Å²) in [6.45, 7) is 1.49. The molecule has 1 amide bonds. The highest BCUT2D eigenvalue weighted by molar-refractivity contribution is 6.04. The Labute approximate surface area is 172 Å². The third kappa shape index (κ3) is 3.35. The molecule has 0 saturated carbocycles. The number of anilines is 2. The Morgan fingerprint density at radius 3 is 2.77 bits per heavy atom. The summed E-state index contributed by atoms with van der Waals surface area (Å²) in [5.74, 6) is 0.965. The number of hydrogen-bond acceptors (Lipinski definition) is 7. The van der Waals surface area contributed by atoms with E-state index in [9.17, 15) is 4.79 Å². The highest BCUT2D eigenvalue weighted by Gasteiger charge is 2.24. The number of aromatic nitrogens is 5. The maximum atomic E-state index is 12.7. The quantitative estimate of drug-likeness (QED) is 0.537. The number of hydrogen-bond donors (Lipinski definition) is 2. The van der Waals surface area contributed by atoms with Gasteiger partial charge in [0.2, 0.25) is 0 Å². The van der Waals surface area contributed by atoms with E-state index in [-0.39, 0.29) is 11.9 Å². The summed E-state index contributed by atoms with van der Waals surface area (Å²) in [6.07, 6.45) is 8.61.